The van der Waals surface area contributed by atoms with Gasteiger partial charge in [0, 0.05) is 24.5 Å². The Labute approximate surface area is 83.7 Å². The molecule has 0 bridgehead atoms. The second kappa shape index (κ2) is 4.07. The smallest absolute Gasteiger partial charge is 0.0334 e. The molecular weight excluding hydrogens is 178 g/mol. The molecule has 0 spiro atoms. The van der Waals surface area contributed by atoms with Crippen molar-refractivity contribution in [2.45, 2.75) is 19.9 Å². The van der Waals surface area contributed by atoms with Crippen LogP contribution in [0.5, 0.6) is 0 Å². The van der Waals surface area contributed by atoms with Crippen LogP contribution in [0.15, 0.2) is 23.6 Å². The van der Waals surface area contributed by atoms with Crippen molar-refractivity contribution in [2.75, 3.05) is 13.1 Å². The van der Waals surface area contributed by atoms with Crippen molar-refractivity contribution in [1.82, 2.24) is 4.90 Å². The fraction of sp³-hybridized carbons (Fsp3) is 0.455. The summed E-state index contributed by atoms with van der Waals surface area (Å²) in [4.78, 5) is 4.06. The van der Waals surface area contributed by atoms with Gasteiger partial charge in [-0.3, -0.25) is 4.90 Å². The standard InChI is InChI=1S/C11H15NS/c1-2-3-6-12-7-4-10-5-8-13-11(10)9-12/h2-3,5,8H,4,6-7,9H2,1H3/b3-2+. The van der Waals surface area contributed by atoms with Crippen LogP contribution in [0.1, 0.15) is 17.4 Å². The second-order valence-corrected chi connectivity index (χ2v) is 4.42. The van der Waals surface area contributed by atoms with Gasteiger partial charge in [-0.15, -0.1) is 11.3 Å². The third-order valence-electron chi connectivity index (χ3n) is 2.50. The lowest BCUT2D eigenvalue weighted by Gasteiger charge is -2.25. The number of hydrogen-bond donors (Lipinski definition) is 0. The maximum Gasteiger partial charge on any atom is 0.0334 e. The summed E-state index contributed by atoms with van der Waals surface area (Å²) < 4.78 is 0. The zero-order valence-corrected chi connectivity index (χ0v) is 8.81. The molecule has 0 fully saturated rings. The molecule has 0 unspecified atom stereocenters. The number of hydrogen-bond acceptors (Lipinski definition) is 2. The summed E-state index contributed by atoms with van der Waals surface area (Å²) in [5.41, 5.74) is 1.57. The molecule has 2 rings (SSSR count). The van der Waals surface area contributed by atoms with Gasteiger partial charge < -0.3 is 0 Å². The minimum atomic E-state index is 1.10. The van der Waals surface area contributed by atoms with Gasteiger partial charge in [-0.05, 0) is 30.4 Å². The summed E-state index contributed by atoms with van der Waals surface area (Å²) in [6.45, 7) is 5.56. The van der Waals surface area contributed by atoms with E-state index < -0.39 is 0 Å². The molecule has 70 valence electrons. The fourth-order valence-corrected chi connectivity index (χ4v) is 2.67. The number of allylic oxidation sites excluding steroid dienone is 1. The van der Waals surface area contributed by atoms with E-state index in [-0.39, 0.29) is 0 Å². The summed E-state index contributed by atoms with van der Waals surface area (Å²) in [7, 11) is 0. The lowest BCUT2D eigenvalue weighted by molar-refractivity contribution is 0.285. The van der Waals surface area contributed by atoms with Gasteiger partial charge in [0.2, 0.25) is 0 Å². The average molecular weight is 193 g/mol. The molecule has 2 heteroatoms. The van der Waals surface area contributed by atoms with Crippen LogP contribution in [0.4, 0.5) is 0 Å². The van der Waals surface area contributed by atoms with Gasteiger partial charge in [-0.1, -0.05) is 12.2 Å². The van der Waals surface area contributed by atoms with Crippen molar-refractivity contribution < 1.29 is 0 Å². The van der Waals surface area contributed by atoms with Gasteiger partial charge in [-0.25, -0.2) is 0 Å². The molecular formula is C11H15NS. The van der Waals surface area contributed by atoms with Gasteiger partial charge in [0.1, 0.15) is 0 Å². The molecule has 0 N–H and O–H groups in total. The molecule has 0 aliphatic carbocycles. The Balaban J connectivity index is 2.00. The number of nitrogens with zero attached hydrogens (tertiary/aromatic N) is 1. The highest BCUT2D eigenvalue weighted by molar-refractivity contribution is 7.10. The van der Waals surface area contributed by atoms with E-state index in [4.69, 9.17) is 0 Å². The van der Waals surface area contributed by atoms with E-state index >= 15 is 0 Å². The fourth-order valence-electron chi connectivity index (χ4n) is 1.70. The van der Waals surface area contributed by atoms with Crippen molar-refractivity contribution in [3.63, 3.8) is 0 Å². The summed E-state index contributed by atoms with van der Waals surface area (Å²) >= 11 is 1.90. The highest BCUT2D eigenvalue weighted by Gasteiger charge is 2.15. The quantitative estimate of drug-likeness (QED) is 0.653. The zero-order valence-electron chi connectivity index (χ0n) is 7.99. The first-order chi connectivity index (χ1) is 6.40. The van der Waals surface area contributed by atoms with Crippen LogP contribution in [0.25, 0.3) is 0 Å². The third kappa shape index (κ3) is 2.01. The third-order valence-corrected chi connectivity index (χ3v) is 3.45. The van der Waals surface area contributed by atoms with Crippen molar-refractivity contribution in [3.8, 4) is 0 Å². The maximum atomic E-state index is 2.50. The monoisotopic (exact) mass is 193 g/mol. The molecule has 1 aliphatic heterocycles. The summed E-state index contributed by atoms with van der Waals surface area (Å²) in [6, 6.07) is 2.27. The minimum absolute atomic E-state index is 1.10. The highest BCUT2D eigenvalue weighted by atomic mass is 32.1. The van der Waals surface area contributed by atoms with Gasteiger partial charge in [0.25, 0.3) is 0 Å². The largest absolute Gasteiger partial charge is 0.294 e. The van der Waals surface area contributed by atoms with Gasteiger partial charge in [0.05, 0.1) is 0 Å². The van der Waals surface area contributed by atoms with Crippen molar-refractivity contribution >= 4 is 11.3 Å². The Hall–Kier alpha value is -0.600. The van der Waals surface area contributed by atoms with Crippen LogP contribution in [-0.4, -0.2) is 18.0 Å². The van der Waals surface area contributed by atoms with Gasteiger partial charge in [-0.2, -0.15) is 0 Å². The summed E-state index contributed by atoms with van der Waals surface area (Å²) in [6.07, 6.45) is 5.60. The molecule has 1 aromatic heterocycles. The average Bonchev–Trinajstić information content (AvgIpc) is 2.61. The molecule has 0 saturated heterocycles. The van der Waals surface area contributed by atoms with Crippen LogP contribution in [0.3, 0.4) is 0 Å². The van der Waals surface area contributed by atoms with Crippen LogP contribution in [0.2, 0.25) is 0 Å². The van der Waals surface area contributed by atoms with Gasteiger partial charge in [0.15, 0.2) is 0 Å². The molecule has 0 amide bonds. The molecule has 0 aromatic carbocycles. The molecule has 13 heavy (non-hydrogen) atoms. The topological polar surface area (TPSA) is 3.24 Å². The normalized spacial score (nSPS) is 17.9. The van der Waals surface area contributed by atoms with Crippen molar-refractivity contribution in [3.05, 3.63) is 34.0 Å². The summed E-state index contributed by atoms with van der Waals surface area (Å²) in [5.74, 6) is 0. The SMILES string of the molecule is C/C=C/CN1CCc2ccsc2C1. The number of thiophene rings is 1. The second-order valence-electron chi connectivity index (χ2n) is 3.42. The minimum Gasteiger partial charge on any atom is -0.294 e. The van der Waals surface area contributed by atoms with Crippen molar-refractivity contribution in [1.29, 1.82) is 0 Å². The van der Waals surface area contributed by atoms with Crippen LogP contribution in [0, 0.1) is 0 Å². The molecule has 2 heterocycles. The zero-order chi connectivity index (χ0) is 9.10. The predicted molar refractivity (Wildman–Crippen MR) is 58.1 cm³/mol. The van der Waals surface area contributed by atoms with E-state index in [2.05, 4.69) is 35.4 Å². The molecule has 0 radical (unpaired) electrons. The first-order valence-electron chi connectivity index (χ1n) is 4.79. The first-order valence-corrected chi connectivity index (χ1v) is 5.67. The first kappa shape index (κ1) is 8.97. The van der Waals surface area contributed by atoms with Gasteiger partial charge >= 0.3 is 0 Å². The lowest BCUT2D eigenvalue weighted by Crippen LogP contribution is -2.29. The Bertz CT molecular complexity index is 301. The van der Waals surface area contributed by atoms with E-state index in [1.807, 2.05) is 11.3 Å². The Morgan fingerprint density at radius 2 is 2.54 bits per heavy atom. The van der Waals surface area contributed by atoms with Crippen LogP contribution >= 0.6 is 11.3 Å². The molecule has 0 saturated carbocycles. The Morgan fingerprint density at radius 1 is 1.62 bits per heavy atom. The number of rotatable bonds is 2. The predicted octanol–water partition coefficient (Wildman–Crippen LogP) is 2.68. The van der Waals surface area contributed by atoms with Crippen LogP contribution in [-0.2, 0) is 13.0 Å². The molecule has 1 aromatic rings. The maximum absolute atomic E-state index is 2.50. The van der Waals surface area contributed by atoms with E-state index in [0.717, 1.165) is 13.1 Å². The van der Waals surface area contributed by atoms with E-state index in [1.165, 1.54) is 13.0 Å². The van der Waals surface area contributed by atoms with E-state index in [9.17, 15) is 0 Å². The van der Waals surface area contributed by atoms with Crippen molar-refractivity contribution in [2.24, 2.45) is 0 Å². The molecule has 1 nitrogen and oxygen atoms in total. The summed E-state index contributed by atoms with van der Waals surface area (Å²) in [5, 5.41) is 2.21. The Kier molecular flexibility index (Phi) is 2.81. The molecule has 0 atom stereocenters. The Morgan fingerprint density at radius 3 is 3.38 bits per heavy atom. The number of fused-ring (bicyclic) bond motifs is 1. The lowest BCUT2D eigenvalue weighted by atomic mass is 10.1. The van der Waals surface area contributed by atoms with E-state index in [0.29, 0.717) is 0 Å². The molecule has 1 aliphatic rings. The van der Waals surface area contributed by atoms with E-state index in [1.54, 1.807) is 10.4 Å². The van der Waals surface area contributed by atoms with Crippen LogP contribution < -0.4 is 0 Å². The highest BCUT2D eigenvalue weighted by Crippen LogP contribution is 2.23.